The van der Waals surface area contributed by atoms with Gasteiger partial charge in [0, 0.05) is 18.4 Å². The van der Waals surface area contributed by atoms with Crippen LogP contribution < -0.4 is 4.90 Å². The molecule has 2 rings (SSSR count). The molecular weight excluding hydrogens is 190 g/mol. The van der Waals surface area contributed by atoms with Crippen molar-refractivity contribution >= 4 is 11.7 Å². The molecule has 1 aromatic carbocycles. The van der Waals surface area contributed by atoms with E-state index in [0.717, 1.165) is 5.69 Å². The van der Waals surface area contributed by atoms with Crippen LogP contribution in [0.25, 0.3) is 0 Å². The molecule has 1 unspecified atom stereocenters. The van der Waals surface area contributed by atoms with Gasteiger partial charge in [0.1, 0.15) is 0 Å². The molecule has 1 heterocycles. The van der Waals surface area contributed by atoms with E-state index in [1.54, 1.807) is 0 Å². The highest BCUT2D eigenvalue weighted by molar-refractivity contribution is 5.76. The Labute approximate surface area is 89.0 Å². The Morgan fingerprint density at radius 3 is 2.80 bits per heavy atom. The SMILES string of the molecule is COC(=O)C1C=CN(c2ccccc2)C1. The molecular formula is C12H13NO2. The van der Waals surface area contributed by atoms with Gasteiger partial charge in [-0.15, -0.1) is 0 Å². The normalized spacial score (nSPS) is 19.3. The molecule has 1 aromatic rings. The second-order valence-corrected chi connectivity index (χ2v) is 3.46. The summed E-state index contributed by atoms with van der Waals surface area (Å²) in [5, 5.41) is 0. The standard InChI is InChI=1S/C12H13NO2/c1-15-12(14)10-7-8-13(9-10)11-5-3-2-4-6-11/h2-8,10H,9H2,1H3. The highest BCUT2D eigenvalue weighted by Crippen LogP contribution is 2.21. The van der Waals surface area contributed by atoms with Crippen LogP contribution in [0.1, 0.15) is 0 Å². The van der Waals surface area contributed by atoms with Gasteiger partial charge in [-0.1, -0.05) is 24.3 Å². The summed E-state index contributed by atoms with van der Waals surface area (Å²) in [5.74, 6) is -0.320. The predicted molar refractivity (Wildman–Crippen MR) is 58.4 cm³/mol. The van der Waals surface area contributed by atoms with Crippen molar-refractivity contribution in [1.82, 2.24) is 0 Å². The van der Waals surface area contributed by atoms with Crippen LogP contribution in [-0.2, 0) is 9.53 Å². The first-order valence-electron chi connectivity index (χ1n) is 4.89. The molecule has 0 saturated carbocycles. The number of hydrogen-bond acceptors (Lipinski definition) is 3. The molecule has 1 aliphatic rings. The highest BCUT2D eigenvalue weighted by Gasteiger charge is 2.23. The third kappa shape index (κ3) is 2.01. The van der Waals surface area contributed by atoms with E-state index in [1.165, 1.54) is 7.11 Å². The zero-order valence-electron chi connectivity index (χ0n) is 8.59. The molecule has 0 amide bonds. The van der Waals surface area contributed by atoms with Crippen LogP contribution in [0.5, 0.6) is 0 Å². The minimum atomic E-state index is -0.176. The number of para-hydroxylation sites is 1. The third-order valence-corrected chi connectivity index (χ3v) is 2.48. The van der Waals surface area contributed by atoms with E-state index in [4.69, 9.17) is 4.74 Å². The minimum absolute atomic E-state index is 0.143. The van der Waals surface area contributed by atoms with Crippen molar-refractivity contribution in [2.24, 2.45) is 5.92 Å². The van der Waals surface area contributed by atoms with Crippen LogP contribution in [0.15, 0.2) is 42.6 Å². The lowest BCUT2D eigenvalue weighted by Gasteiger charge is -2.16. The summed E-state index contributed by atoms with van der Waals surface area (Å²) in [6, 6.07) is 9.97. The van der Waals surface area contributed by atoms with E-state index < -0.39 is 0 Å². The largest absolute Gasteiger partial charge is 0.469 e. The molecule has 0 N–H and O–H groups in total. The molecule has 3 nitrogen and oxygen atoms in total. The fraction of sp³-hybridized carbons (Fsp3) is 0.250. The summed E-state index contributed by atoms with van der Waals surface area (Å²) >= 11 is 0. The Morgan fingerprint density at radius 1 is 1.40 bits per heavy atom. The van der Waals surface area contributed by atoms with E-state index in [-0.39, 0.29) is 11.9 Å². The van der Waals surface area contributed by atoms with Crippen LogP contribution in [0.2, 0.25) is 0 Å². The van der Waals surface area contributed by atoms with Gasteiger partial charge in [0.05, 0.1) is 13.0 Å². The van der Waals surface area contributed by atoms with Gasteiger partial charge < -0.3 is 9.64 Å². The monoisotopic (exact) mass is 203 g/mol. The molecule has 0 saturated heterocycles. The van der Waals surface area contributed by atoms with Gasteiger partial charge in [-0.05, 0) is 12.1 Å². The van der Waals surface area contributed by atoms with E-state index in [2.05, 4.69) is 0 Å². The van der Waals surface area contributed by atoms with Crippen molar-refractivity contribution in [3.63, 3.8) is 0 Å². The predicted octanol–water partition coefficient (Wildman–Crippen LogP) is 1.81. The fourth-order valence-electron chi connectivity index (χ4n) is 1.66. The first-order chi connectivity index (χ1) is 7.31. The lowest BCUT2D eigenvalue weighted by molar-refractivity contribution is -0.143. The summed E-state index contributed by atoms with van der Waals surface area (Å²) in [6.45, 7) is 0.663. The number of hydrogen-bond donors (Lipinski definition) is 0. The maximum absolute atomic E-state index is 11.3. The van der Waals surface area contributed by atoms with Crippen molar-refractivity contribution in [3.05, 3.63) is 42.6 Å². The summed E-state index contributed by atoms with van der Waals surface area (Å²) in [7, 11) is 1.42. The third-order valence-electron chi connectivity index (χ3n) is 2.48. The average molecular weight is 203 g/mol. The second kappa shape index (κ2) is 4.17. The molecule has 0 aromatic heterocycles. The van der Waals surface area contributed by atoms with Crippen molar-refractivity contribution in [3.8, 4) is 0 Å². The minimum Gasteiger partial charge on any atom is -0.469 e. The van der Waals surface area contributed by atoms with E-state index in [0.29, 0.717) is 6.54 Å². The van der Waals surface area contributed by atoms with Gasteiger partial charge in [0.25, 0.3) is 0 Å². The van der Waals surface area contributed by atoms with Crippen molar-refractivity contribution in [2.75, 3.05) is 18.6 Å². The maximum Gasteiger partial charge on any atom is 0.314 e. The van der Waals surface area contributed by atoms with Gasteiger partial charge >= 0.3 is 5.97 Å². The Morgan fingerprint density at radius 2 is 2.13 bits per heavy atom. The Hall–Kier alpha value is -1.77. The number of esters is 1. The Balaban J connectivity index is 2.06. The van der Waals surface area contributed by atoms with E-state index in [9.17, 15) is 4.79 Å². The van der Waals surface area contributed by atoms with Gasteiger partial charge in [0.15, 0.2) is 0 Å². The molecule has 3 heteroatoms. The number of nitrogens with zero attached hydrogens (tertiary/aromatic N) is 1. The number of ether oxygens (including phenoxy) is 1. The fourth-order valence-corrected chi connectivity index (χ4v) is 1.66. The number of anilines is 1. The Bertz CT molecular complexity index is 372. The lowest BCUT2D eigenvalue weighted by Crippen LogP contribution is -2.23. The number of rotatable bonds is 2. The molecule has 1 aliphatic heterocycles. The molecule has 1 atom stereocenters. The molecule has 0 bridgehead atoms. The molecule has 0 fully saturated rings. The smallest absolute Gasteiger partial charge is 0.314 e. The first-order valence-corrected chi connectivity index (χ1v) is 4.89. The van der Waals surface area contributed by atoms with Crippen LogP contribution in [0, 0.1) is 5.92 Å². The molecule has 78 valence electrons. The summed E-state index contributed by atoms with van der Waals surface area (Å²) in [4.78, 5) is 13.3. The second-order valence-electron chi connectivity index (χ2n) is 3.46. The van der Waals surface area contributed by atoms with Crippen molar-refractivity contribution in [1.29, 1.82) is 0 Å². The highest BCUT2D eigenvalue weighted by atomic mass is 16.5. The molecule has 0 spiro atoms. The van der Waals surface area contributed by atoms with Gasteiger partial charge in [-0.3, -0.25) is 4.79 Å². The van der Waals surface area contributed by atoms with Crippen LogP contribution in [0.4, 0.5) is 5.69 Å². The lowest BCUT2D eigenvalue weighted by atomic mass is 10.2. The van der Waals surface area contributed by atoms with E-state index in [1.807, 2.05) is 47.5 Å². The number of benzene rings is 1. The number of carbonyl (C=O) groups is 1. The Kier molecular flexibility index (Phi) is 2.72. The van der Waals surface area contributed by atoms with Crippen LogP contribution >= 0.6 is 0 Å². The zero-order chi connectivity index (χ0) is 10.7. The zero-order valence-corrected chi connectivity index (χ0v) is 8.59. The van der Waals surface area contributed by atoms with Gasteiger partial charge in [-0.25, -0.2) is 0 Å². The van der Waals surface area contributed by atoms with Gasteiger partial charge in [-0.2, -0.15) is 0 Å². The topological polar surface area (TPSA) is 29.5 Å². The number of methoxy groups -OCH3 is 1. The number of carbonyl (C=O) groups excluding carboxylic acids is 1. The van der Waals surface area contributed by atoms with Crippen molar-refractivity contribution < 1.29 is 9.53 Å². The summed E-state index contributed by atoms with van der Waals surface area (Å²) < 4.78 is 4.70. The molecule has 0 radical (unpaired) electrons. The average Bonchev–Trinajstić information content (AvgIpc) is 2.78. The maximum atomic E-state index is 11.3. The van der Waals surface area contributed by atoms with Crippen LogP contribution in [-0.4, -0.2) is 19.6 Å². The van der Waals surface area contributed by atoms with Crippen LogP contribution in [0.3, 0.4) is 0 Å². The quantitative estimate of drug-likeness (QED) is 0.686. The molecule has 0 aliphatic carbocycles. The van der Waals surface area contributed by atoms with Crippen molar-refractivity contribution in [2.45, 2.75) is 0 Å². The van der Waals surface area contributed by atoms with E-state index >= 15 is 0 Å². The summed E-state index contributed by atoms with van der Waals surface area (Å²) in [5.41, 5.74) is 1.10. The summed E-state index contributed by atoms with van der Waals surface area (Å²) in [6.07, 6.45) is 3.80. The molecule has 15 heavy (non-hydrogen) atoms. The first kappa shape index (κ1) is 9.77. The van der Waals surface area contributed by atoms with Gasteiger partial charge in [0.2, 0.25) is 0 Å².